The lowest BCUT2D eigenvalue weighted by Gasteiger charge is -2.25. The topological polar surface area (TPSA) is 74.7 Å². The second-order valence-corrected chi connectivity index (χ2v) is 9.32. The van der Waals surface area contributed by atoms with Crippen LogP contribution >= 0.6 is 34.7 Å². The normalized spacial score (nSPS) is 24.1. The van der Waals surface area contributed by atoms with Crippen molar-refractivity contribution in [2.24, 2.45) is 0 Å². The molecular weight excluding hydrogens is 342 g/mol. The standard InChI is InChI=1S/C11H14ClNO4S3/c1-2-3-9-13(7(6-18-9)11(14)15)20(16,17)10-5-4-8(12)19-10/h4-5,7,9H,2-3,6H2,1H3,(H,14,15). The first-order chi connectivity index (χ1) is 9.37. The molecule has 1 saturated heterocycles. The van der Waals surface area contributed by atoms with E-state index in [2.05, 4.69) is 0 Å². The number of halogens is 1. The van der Waals surface area contributed by atoms with Crippen molar-refractivity contribution in [3.8, 4) is 0 Å². The SMILES string of the molecule is CCCC1SCC(C(=O)O)N1S(=O)(=O)c1ccc(Cl)s1. The fourth-order valence-electron chi connectivity index (χ4n) is 2.05. The van der Waals surface area contributed by atoms with Crippen molar-refractivity contribution in [3.63, 3.8) is 0 Å². The van der Waals surface area contributed by atoms with Crippen LogP contribution in [0.5, 0.6) is 0 Å². The molecule has 1 aliphatic heterocycles. The van der Waals surface area contributed by atoms with E-state index >= 15 is 0 Å². The Morgan fingerprint density at radius 2 is 2.25 bits per heavy atom. The summed E-state index contributed by atoms with van der Waals surface area (Å²) in [7, 11) is -3.82. The van der Waals surface area contributed by atoms with Crippen LogP contribution in [0, 0.1) is 0 Å². The van der Waals surface area contributed by atoms with Crippen molar-refractivity contribution in [2.45, 2.75) is 35.4 Å². The number of nitrogens with zero attached hydrogens (tertiary/aromatic N) is 1. The number of hydrogen-bond donors (Lipinski definition) is 1. The maximum absolute atomic E-state index is 12.6. The van der Waals surface area contributed by atoms with Crippen LogP contribution in [0.2, 0.25) is 4.34 Å². The van der Waals surface area contributed by atoms with E-state index in [4.69, 9.17) is 11.6 Å². The molecule has 0 radical (unpaired) electrons. The van der Waals surface area contributed by atoms with Crippen LogP contribution in [-0.4, -0.2) is 41.0 Å². The van der Waals surface area contributed by atoms with E-state index in [9.17, 15) is 18.3 Å². The van der Waals surface area contributed by atoms with Gasteiger partial charge in [0.1, 0.15) is 10.3 Å². The minimum absolute atomic E-state index is 0.0948. The molecule has 0 aliphatic carbocycles. The molecule has 20 heavy (non-hydrogen) atoms. The molecule has 1 aromatic rings. The monoisotopic (exact) mass is 355 g/mol. The molecule has 1 fully saturated rings. The Balaban J connectivity index is 2.41. The van der Waals surface area contributed by atoms with E-state index in [-0.39, 0.29) is 15.3 Å². The first-order valence-electron chi connectivity index (χ1n) is 6.01. The zero-order chi connectivity index (χ0) is 14.9. The van der Waals surface area contributed by atoms with E-state index in [1.807, 2.05) is 6.92 Å². The quantitative estimate of drug-likeness (QED) is 0.878. The summed E-state index contributed by atoms with van der Waals surface area (Å²) in [4.78, 5) is 11.3. The first-order valence-corrected chi connectivity index (χ1v) is 9.69. The Kier molecular flexibility index (Phi) is 5.01. The largest absolute Gasteiger partial charge is 0.480 e. The summed E-state index contributed by atoms with van der Waals surface area (Å²) in [5.74, 6) is -0.833. The summed E-state index contributed by atoms with van der Waals surface area (Å²) in [6.07, 6.45) is 1.42. The van der Waals surface area contributed by atoms with Gasteiger partial charge in [-0.2, -0.15) is 4.31 Å². The van der Waals surface area contributed by atoms with Crippen molar-refractivity contribution in [2.75, 3.05) is 5.75 Å². The van der Waals surface area contributed by atoms with E-state index < -0.39 is 22.0 Å². The van der Waals surface area contributed by atoms with Gasteiger partial charge in [-0.25, -0.2) is 8.42 Å². The van der Waals surface area contributed by atoms with E-state index in [1.54, 1.807) is 0 Å². The Morgan fingerprint density at radius 3 is 2.75 bits per heavy atom. The third kappa shape index (κ3) is 2.99. The van der Waals surface area contributed by atoms with Crippen molar-refractivity contribution in [1.29, 1.82) is 0 Å². The fraction of sp³-hybridized carbons (Fsp3) is 0.545. The average Bonchev–Trinajstić information content (AvgIpc) is 2.96. The van der Waals surface area contributed by atoms with Crippen LogP contribution in [0.3, 0.4) is 0 Å². The molecule has 1 N–H and O–H groups in total. The van der Waals surface area contributed by atoms with Gasteiger partial charge in [-0.3, -0.25) is 4.79 Å². The van der Waals surface area contributed by atoms with Gasteiger partial charge < -0.3 is 5.11 Å². The predicted molar refractivity (Wildman–Crippen MR) is 80.9 cm³/mol. The van der Waals surface area contributed by atoms with Gasteiger partial charge in [-0.05, 0) is 18.6 Å². The van der Waals surface area contributed by atoms with Gasteiger partial charge in [-0.15, -0.1) is 23.1 Å². The van der Waals surface area contributed by atoms with Gasteiger partial charge in [-0.1, -0.05) is 24.9 Å². The van der Waals surface area contributed by atoms with Gasteiger partial charge in [0.2, 0.25) is 0 Å². The van der Waals surface area contributed by atoms with E-state index in [0.717, 1.165) is 22.1 Å². The van der Waals surface area contributed by atoms with Crippen molar-refractivity contribution < 1.29 is 18.3 Å². The number of thiophene rings is 1. The number of hydrogen-bond acceptors (Lipinski definition) is 5. The minimum atomic E-state index is -3.82. The molecule has 0 amide bonds. The van der Waals surface area contributed by atoms with Gasteiger partial charge in [0.25, 0.3) is 10.0 Å². The molecule has 2 atom stereocenters. The molecule has 0 aromatic carbocycles. The number of thioether (sulfide) groups is 1. The summed E-state index contributed by atoms with van der Waals surface area (Å²) in [6, 6.07) is 1.92. The summed E-state index contributed by atoms with van der Waals surface area (Å²) in [6.45, 7) is 1.95. The summed E-state index contributed by atoms with van der Waals surface area (Å²) in [5, 5.41) is 8.92. The maximum atomic E-state index is 12.6. The summed E-state index contributed by atoms with van der Waals surface area (Å²) >= 11 is 8.11. The highest BCUT2D eigenvalue weighted by Gasteiger charge is 2.46. The number of aliphatic carboxylic acids is 1. The van der Waals surface area contributed by atoms with Crippen LogP contribution in [0.1, 0.15) is 19.8 Å². The van der Waals surface area contributed by atoms with E-state index in [0.29, 0.717) is 10.8 Å². The Hall–Kier alpha value is -0.280. The lowest BCUT2D eigenvalue weighted by Crippen LogP contribution is -2.45. The van der Waals surface area contributed by atoms with Gasteiger partial charge in [0, 0.05) is 5.75 Å². The molecule has 0 spiro atoms. The highest BCUT2D eigenvalue weighted by atomic mass is 35.5. The Bertz CT molecular complexity index is 601. The molecule has 2 unspecified atom stereocenters. The molecule has 112 valence electrons. The lowest BCUT2D eigenvalue weighted by molar-refractivity contribution is -0.140. The zero-order valence-electron chi connectivity index (χ0n) is 10.7. The second-order valence-electron chi connectivity index (χ2n) is 4.32. The number of sulfonamides is 1. The molecule has 9 heteroatoms. The highest BCUT2D eigenvalue weighted by Crippen LogP contribution is 2.39. The smallest absolute Gasteiger partial charge is 0.322 e. The number of carboxylic acid groups (broad SMARTS) is 1. The van der Waals surface area contributed by atoms with Crippen molar-refractivity contribution in [1.82, 2.24) is 4.31 Å². The molecule has 0 bridgehead atoms. The van der Waals surface area contributed by atoms with Crippen LogP contribution < -0.4 is 0 Å². The summed E-state index contributed by atoms with van der Waals surface area (Å²) < 4.78 is 26.9. The average molecular weight is 356 g/mol. The Morgan fingerprint density at radius 1 is 1.55 bits per heavy atom. The second kappa shape index (κ2) is 6.23. The molecule has 0 saturated carbocycles. The lowest BCUT2D eigenvalue weighted by atomic mass is 10.3. The van der Waals surface area contributed by atoms with Crippen LogP contribution in [0.4, 0.5) is 0 Å². The highest BCUT2D eigenvalue weighted by molar-refractivity contribution is 8.01. The molecule has 2 heterocycles. The first kappa shape index (κ1) is 16.1. The molecule has 1 aliphatic rings. The van der Waals surface area contributed by atoms with Gasteiger partial charge in [0.15, 0.2) is 0 Å². The van der Waals surface area contributed by atoms with Crippen LogP contribution in [-0.2, 0) is 14.8 Å². The van der Waals surface area contributed by atoms with E-state index in [1.165, 1.54) is 23.9 Å². The van der Waals surface area contributed by atoms with Gasteiger partial charge in [0.05, 0.1) is 9.71 Å². The maximum Gasteiger partial charge on any atom is 0.322 e. The predicted octanol–water partition coefficient (Wildman–Crippen LogP) is 2.72. The van der Waals surface area contributed by atoms with Crippen LogP contribution in [0.15, 0.2) is 16.3 Å². The zero-order valence-corrected chi connectivity index (χ0v) is 13.9. The third-order valence-electron chi connectivity index (χ3n) is 2.94. The summed E-state index contributed by atoms with van der Waals surface area (Å²) in [5.41, 5.74) is 0. The van der Waals surface area contributed by atoms with Crippen LogP contribution in [0.25, 0.3) is 0 Å². The Labute approximate surface area is 131 Å². The molecular formula is C11H14ClNO4S3. The third-order valence-corrected chi connectivity index (χ3v) is 8.04. The van der Waals surface area contributed by atoms with Crippen molar-refractivity contribution in [3.05, 3.63) is 16.5 Å². The number of carbonyl (C=O) groups is 1. The van der Waals surface area contributed by atoms with Gasteiger partial charge >= 0.3 is 5.97 Å². The van der Waals surface area contributed by atoms with Crippen molar-refractivity contribution >= 4 is 50.7 Å². The number of rotatable bonds is 5. The molecule has 2 rings (SSSR count). The molecule has 1 aromatic heterocycles. The fourth-order valence-corrected chi connectivity index (χ4v) is 7.30. The molecule has 5 nitrogen and oxygen atoms in total. The minimum Gasteiger partial charge on any atom is -0.480 e. The number of carboxylic acids is 1.